The van der Waals surface area contributed by atoms with E-state index in [1.54, 1.807) is 0 Å². The van der Waals surface area contributed by atoms with E-state index in [1.807, 2.05) is 0 Å². The molecule has 2 aromatic carbocycles. The average Bonchev–Trinajstić information content (AvgIpc) is 3.59. The molecule has 2 amide bonds. The number of carbonyl (C=O) groups is 2. The Hall–Kier alpha value is -5.25. The lowest BCUT2D eigenvalue weighted by molar-refractivity contribution is -0.123. The lowest BCUT2D eigenvalue weighted by atomic mass is 10.1. The SMILES string of the molecule is Nc1ccn(-c2ccc(NC(=O)C3C(c4ccc(F)c(F)c4)C3(Cl)n3ccc(N)nc3=O)cc2CNC(=O)CC(F)F)c(=O)n1. The van der Waals surface area contributed by atoms with Crippen LogP contribution in [0.25, 0.3) is 5.69 Å². The number of nitrogen functional groups attached to an aromatic ring is 2. The third-order valence-electron chi connectivity index (χ3n) is 7.12. The van der Waals surface area contributed by atoms with Crippen molar-refractivity contribution in [3.8, 4) is 5.69 Å². The molecule has 0 aliphatic heterocycles. The third-order valence-corrected chi connectivity index (χ3v) is 7.78. The third kappa shape index (κ3) is 6.22. The molecule has 234 valence electrons. The maximum absolute atomic E-state index is 14.2. The lowest BCUT2D eigenvalue weighted by Gasteiger charge is -2.16. The van der Waals surface area contributed by atoms with Gasteiger partial charge in [0.1, 0.15) is 16.6 Å². The number of hydrogen-bond donors (Lipinski definition) is 4. The fourth-order valence-electron chi connectivity index (χ4n) is 5.05. The number of carbonyl (C=O) groups excluding carboxylic acids is 2. The second kappa shape index (κ2) is 12.0. The molecule has 1 aliphatic rings. The van der Waals surface area contributed by atoms with Crippen molar-refractivity contribution >= 4 is 40.7 Å². The first-order valence-electron chi connectivity index (χ1n) is 13.1. The van der Waals surface area contributed by atoms with Crippen LogP contribution in [0.1, 0.15) is 23.5 Å². The van der Waals surface area contributed by atoms with Crippen LogP contribution in [0.2, 0.25) is 0 Å². The first-order chi connectivity index (χ1) is 21.3. The summed E-state index contributed by atoms with van der Waals surface area (Å²) in [6.45, 7) is -0.325. The van der Waals surface area contributed by atoms with Gasteiger partial charge in [-0.3, -0.25) is 18.7 Å². The fraction of sp³-hybridized carbons (Fsp3) is 0.214. The van der Waals surface area contributed by atoms with Gasteiger partial charge in [0, 0.05) is 30.5 Å². The van der Waals surface area contributed by atoms with Gasteiger partial charge in [0.25, 0.3) is 0 Å². The highest BCUT2D eigenvalue weighted by Crippen LogP contribution is 2.65. The predicted octanol–water partition coefficient (Wildman–Crippen LogP) is 2.45. The summed E-state index contributed by atoms with van der Waals surface area (Å²) in [4.78, 5) is 56.4. The van der Waals surface area contributed by atoms with E-state index in [2.05, 4.69) is 20.6 Å². The molecule has 17 heteroatoms. The van der Waals surface area contributed by atoms with Gasteiger partial charge in [0.2, 0.25) is 18.2 Å². The van der Waals surface area contributed by atoms with E-state index in [4.69, 9.17) is 23.1 Å². The van der Waals surface area contributed by atoms with E-state index in [0.717, 1.165) is 21.3 Å². The van der Waals surface area contributed by atoms with Crippen LogP contribution in [0.4, 0.5) is 34.9 Å². The topological polar surface area (TPSA) is 180 Å². The van der Waals surface area contributed by atoms with E-state index in [0.29, 0.717) is 0 Å². The number of nitrogens with zero attached hydrogens (tertiary/aromatic N) is 4. The minimum atomic E-state index is -2.89. The predicted molar refractivity (Wildman–Crippen MR) is 155 cm³/mol. The summed E-state index contributed by atoms with van der Waals surface area (Å²) in [5, 5.41) is 4.98. The molecule has 3 unspecified atom stereocenters. The zero-order valence-electron chi connectivity index (χ0n) is 22.9. The van der Waals surface area contributed by atoms with Crippen LogP contribution < -0.4 is 33.5 Å². The minimum absolute atomic E-state index is 0.0492. The van der Waals surface area contributed by atoms with Gasteiger partial charge < -0.3 is 22.1 Å². The smallest absolute Gasteiger partial charge is 0.354 e. The summed E-state index contributed by atoms with van der Waals surface area (Å²) in [7, 11) is 0. The lowest BCUT2D eigenvalue weighted by Crippen LogP contribution is -2.32. The molecular formula is C28H23ClF4N8O4. The standard InChI is InChI=1S/C28H23ClF4N8O4/c29-28(41-8-6-21(35)39-27(41)45)23(13-1-3-16(30)17(31)10-13)24(28)25(43)37-15-2-4-18(40-7-5-20(34)38-26(40)44)14(9-15)12-36-22(42)11-19(32)33/h1-10,19,23-24H,11-12H2,(H,36,42)(H,37,43)(H2,34,38,44)(H2,35,39,45). The minimum Gasteiger partial charge on any atom is -0.383 e. The Labute approximate surface area is 255 Å². The number of nitrogens with two attached hydrogens (primary N) is 2. The molecule has 2 heterocycles. The Morgan fingerprint density at radius 1 is 0.956 bits per heavy atom. The summed E-state index contributed by atoms with van der Waals surface area (Å²) >= 11 is 6.88. The molecule has 45 heavy (non-hydrogen) atoms. The van der Waals surface area contributed by atoms with Crippen molar-refractivity contribution < 1.29 is 27.2 Å². The molecule has 0 bridgehead atoms. The molecule has 0 radical (unpaired) electrons. The van der Waals surface area contributed by atoms with Gasteiger partial charge in [-0.25, -0.2) is 27.2 Å². The number of rotatable bonds is 9. The Bertz CT molecular complexity index is 1940. The number of aromatic nitrogens is 4. The Kier molecular flexibility index (Phi) is 8.34. The highest BCUT2D eigenvalue weighted by Gasteiger charge is 2.70. The van der Waals surface area contributed by atoms with Crippen LogP contribution in [0.15, 0.2) is 70.5 Å². The molecule has 6 N–H and O–H groups in total. The van der Waals surface area contributed by atoms with Crippen LogP contribution in [-0.2, 0) is 21.1 Å². The van der Waals surface area contributed by atoms with Crippen molar-refractivity contribution in [1.82, 2.24) is 24.4 Å². The zero-order valence-corrected chi connectivity index (χ0v) is 23.6. The van der Waals surface area contributed by atoms with E-state index in [9.17, 15) is 36.7 Å². The van der Waals surface area contributed by atoms with Crippen molar-refractivity contribution in [3.63, 3.8) is 0 Å². The second-order valence-corrected chi connectivity index (χ2v) is 10.7. The Morgan fingerprint density at radius 2 is 1.64 bits per heavy atom. The number of alkyl halides is 3. The van der Waals surface area contributed by atoms with Crippen molar-refractivity contribution in [2.45, 2.75) is 30.3 Å². The van der Waals surface area contributed by atoms with Crippen LogP contribution in [0, 0.1) is 17.6 Å². The molecule has 1 aliphatic carbocycles. The molecule has 5 rings (SSSR count). The highest BCUT2D eigenvalue weighted by molar-refractivity contribution is 6.28. The summed E-state index contributed by atoms with van der Waals surface area (Å²) < 4.78 is 55.4. The largest absolute Gasteiger partial charge is 0.383 e. The molecule has 12 nitrogen and oxygen atoms in total. The first kappa shape index (κ1) is 31.2. The highest BCUT2D eigenvalue weighted by atomic mass is 35.5. The van der Waals surface area contributed by atoms with E-state index in [1.165, 1.54) is 48.8 Å². The van der Waals surface area contributed by atoms with E-state index in [-0.39, 0.29) is 40.7 Å². The number of nitrogens with one attached hydrogen (secondary N) is 2. The first-order valence-corrected chi connectivity index (χ1v) is 13.5. The van der Waals surface area contributed by atoms with Gasteiger partial charge in [0.05, 0.1) is 18.0 Å². The summed E-state index contributed by atoms with van der Waals surface area (Å²) in [6, 6.07) is 9.78. The molecular weight excluding hydrogens is 624 g/mol. The molecule has 0 spiro atoms. The maximum Gasteiger partial charge on any atom is 0.354 e. The molecule has 0 saturated heterocycles. The average molecular weight is 647 g/mol. The van der Waals surface area contributed by atoms with Crippen molar-refractivity contribution in [2.75, 3.05) is 16.8 Å². The Morgan fingerprint density at radius 3 is 2.29 bits per heavy atom. The zero-order chi connectivity index (χ0) is 32.6. The number of anilines is 3. The molecule has 4 aromatic rings. The maximum atomic E-state index is 14.2. The number of benzene rings is 2. The van der Waals surface area contributed by atoms with Crippen LogP contribution >= 0.6 is 11.6 Å². The summed E-state index contributed by atoms with van der Waals surface area (Å²) in [5.74, 6) is -6.42. The van der Waals surface area contributed by atoms with Gasteiger partial charge >= 0.3 is 11.4 Å². The van der Waals surface area contributed by atoms with Gasteiger partial charge in [-0.05, 0) is 53.6 Å². The quantitative estimate of drug-likeness (QED) is 0.158. The summed E-state index contributed by atoms with van der Waals surface area (Å²) in [5.41, 5.74) is 10.2. The van der Waals surface area contributed by atoms with Crippen molar-refractivity contribution in [3.05, 3.63) is 105 Å². The molecule has 1 fully saturated rings. The monoisotopic (exact) mass is 646 g/mol. The van der Waals surface area contributed by atoms with Crippen LogP contribution in [0.3, 0.4) is 0 Å². The molecule has 3 atom stereocenters. The number of amides is 2. The van der Waals surface area contributed by atoms with E-state index < -0.39 is 64.5 Å². The van der Waals surface area contributed by atoms with Gasteiger partial charge in [-0.15, -0.1) is 0 Å². The molecule has 1 saturated carbocycles. The number of hydrogen-bond acceptors (Lipinski definition) is 8. The normalized spacial score (nSPS) is 18.9. The second-order valence-electron chi connectivity index (χ2n) is 10.1. The number of halogens is 5. The van der Waals surface area contributed by atoms with Gasteiger partial charge in [-0.2, -0.15) is 9.97 Å². The Balaban J connectivity index is 1.50. The summed E-state index contributed by atoms with van der Waals surface area (Å²) in [6.07, 6.45) is -1.40. The molecule has 2 aromatic heterocycles. The van der Waals surface area contributed by atoms with Gasteiger partial charge in [-0.1, -0.05) is 17.7 Å². The van der Waals surface area contributed by atoms with Crippen LogP contribution in [0.5, 0.6) is 0 Å². The van der Waals surface area contributed by atoms with Crippen LogP contribution in [-0.4, -0.2) is 37.3 Å². The van der Waals surface area contributed by atoms with Gasteiger partial charge in [0.15, 0.2) is 11.6 Å². The van der Waals surface area contributed by atoms with E-state index >= 15 is 0 Å². The fourth-order valence-corrected chi connectivity index (χ4v) is 5.60. The van der Waals surface area contributed by atoms with Crippen molar-refractivity contribution in [2.24, 2.45) is 5.92 Å². The van der Waals surface area contributed by atoms with Crippen molar-refractivity contribution in [1.29, 1.82) is 0 Å².